The van der Waals surface area contributed by atoms with Gasteiger partial charge in [0.05, 0.1) is 17.0 Å². The Morgan fingerprint density at radius 2 is 1.89 bits per heavy atom. The van der Waals surface area contributed by atoms with Gasteiger partial charge in [-0.2, -0.15) is 0 Å². The summed E-state index contributed by atoms with van der Waals surface area (Å²) in [6, 6.07) is 5.64. The molecule has 1 fully saturated rings. The van der Waals surface area contributed by atoms with Crippen molar-refractivity contribution in [2.75, 3.05) is 43.4 Å². The molecule has 0 spiro atoms. The minimum absolute atomic E-state index is 0.637. The third-order valence-electron chi connectivity index (χ3n) is 3.31. The van der Waals surface area contributed by atoms with Crippen LogP contribution in [0.4, 0.5) is 11.4 Å². The average Bonchev–Trinajstić information content (AvgIpc) is 2.28. The Morgan fingerprint density at radius 3 is 2.42 bits per heavy atom. The standard InChI is InChI=1S/C14H22ClN3O/c1-14(2,19)10-17-5-7-18(8-6-17)13-4-3-11(15)9-12(13)16/h3-4,9,19H,5-8,10,16H2,1-2H3. The van der Waals surface area contributed by atoms with Crippen molar-refractivity contribution >= 4 is 23.0 Å². The van der Waals surface area contributed by atoms with Crippen LogP contribution in [0.5, 0.6) is 0 Å². The van der Waals surface area contributed by atoms with E-state index in [2.05, 4.69) is 9.80 Å². The first-order valence-electron chi connectivity index (χ1n) is 6.60. The molecule has 4 nitrogen and oxygen atoms in total. The molecule has 0 aromatic heterocycles. The normalized spacial score (nSPS) is 17.8. The SMILES string of the molecule is CC(C)(O)CN1CCN(c2ccc(Cl)cc2N)CC1. The van der Waals surface area contributed by atoms with Crippen molar-refractivity contribution in [2.45, 2.75) is 19.4 Å². The van der Waals surface area contributed by atoms with E-state index in [0.717, 1.165) is 37.6 Å². The van der Waals surface area contributed by atoms with E-state index in [1.165, 1.54) is 0 Å². The molecule has 1 aliphatic heterocycles. The van der Waals surface area contributed by atoms with Gasteiger partial charge in [0.25, 0.3) is 0 Å². The van der Waals surface area contributed by atoms with Gasteiger partial charge < -0.3 is 15.7 Å². The maximum Gasteiger partial charge on any atom is 0.0718 e. The van der Waals surface area contributed by atoms with Crippen molar-refractivity contribution in [2.24, 2.45) is 0 Å². The number of β-amino-alcohol motifs (C(OH)–C–C–N with tert-alkyl or cyclic N) is 1. The van der Waals surface area contributed by atoms with Gasteiger partial charge in [-0.3, -0.25) is 4.90 Å². The molecule has 0 unspecified atom stereocenters. The minimum Gasteiger partial charge on any atom is -0.397 e. The van der Waals surface area contributed by atoms with E-state index in [4.69, 9.17) is 17.3 Å². The van der Waals surface area contributed by atoms with Gasteiger partial charge in [-0.1, -0.05) is 11.6 Å². The molecule has 0 radical (unpaired) electrons. The molecule has 0 amide bonds. The number of nitrogens with zero attached hydrogens (tertiary/aromatic N) is 2. The van der Waals surface area contributed by atoms with E-state index >= 15 is 0 Å². The molecule has 106 valence electrons. The van der Waals surface area contributed by atoms with Crippen LogP contribution in [0.2, 0.25) is 5.02 Å². The maximum atomic E-state index is 9.84. The molecule has 3 N–H and O–H groups in total. The van der Waals surface area contributed by atoms with Crippen LogP contribution < -0.4 is 10.6 Å². The van der Waals surface area contributed by atoms with Gasteiger partial charge in [0.2, 0.25) is 0 Å². The van der Waals surface area contributed by atoms with Crippen molar-refractivity contribution in [3.05, 3.63) is 23.2 Å². The summed E-state index contributed by atoms with van der Waals surface area (Å²) in [6.07, 6.45) is 0. The van der Waals surface area contributed by atoms with Crippen LogP contribution in [0.3, 0.4) is 0 Å². The Morgan fingerprint density at radius 1 is 1.26 bits per heavy atom. The number of nitrogen functional groups attached to an aromatic ring is 1. The summed E-state index contributed by atoms with van der Waals surface area (Å²) >= 11 is 5.92. The zero-order chi connectivity index (χ0) is 14.0. The van der Waals surface area contributed by atoms with E-state index in [1.54, 1.807) is 6.07 Å². The molecular weight excluding hydrogens is 262 g/mol. The first kappa shape index (κ1) is 14.4. The van der Waals surface area contributed by atoms with Crippen LogP contribution in [0, 0.1) is 0 Å². The number of benzene rings is 1. The summed E-state index contributed by atoms with van der Waals surface area (Å²) in [6.45, 7) is 8.10. The number of halogens is 1. The molecule has 19 heavy (non-hydrogen) atoms. The summed E-state index contributed by atoms with van der Waals surface area (Å²) in [5.41, 5.74) is 7.15. The monoisotopic (exact) mass is 283 g/mol. The Labute approximate surface area is 119 Å². The first-order chi connectivity index (χ1) is 8.85. The van der Waals surface area contributed by atoms with Crippen molar-refractivity contribution in [3.63, 3.8) is 0 Å². The molecule has 0 atom stereocenters. The van der Waals surface area contributed by atoms with Crippen LogP contribution in [0.15, 0.2) is 18.2 Å². The number of nitrogens with two attached hydrogens (primary N) is 1. The minimum atomic E-state index is -0.637. The van der Waals surface area contributed by atoms with Crippen LogP contribution >= 0.6 is 11.6 Å². The topological polar surface area (TPSA) is 52.7 Å². The molecule has 0 saturated carbocycles. The molecule has 1 saturated heterocycles. The van der Waals surface area contributed by atoms with Crippen LogP contribution in [0.1, 0.15) is 13.8 Å². The predicted molar refractivity (Wildman–Crippen MR) is 80.8 cm³/mol. The molecule has 1 aliphatic rings. The lowest BCUT2D eigenvalue weighted by Gasteiger charge is -2.38. The van der Waals surface area contributed by atoms with E-state index in [9.17, 15) is 5.11 Å². The van der Waals surface area contributed by atoms with Gasteiger partial charge in [0, 0.05) is 37.7 Å². The van der Waals surface area contributed by atoms with Crippen molar-refractivity contribution in [3.8, 4) is 0 Å². The first-order valence-corrected chi connectivity index (χ1v) is 6.98. The average molecular weight is 284 g/mol. The van der Waals surface area contributed by atoms with Gasteiger partial charge in [0.15, 0.2) is 0 Å². The fourth-order valence-corrected chi connectivity index (χ4v) is 2.69. The summed E-state index contributed by atoms with van der Waals surface area (Å²) in [7, 11) is 0. The number of anilines is 2. The number of rotatable bonds is 3. The highest BCUT2D eigenvalue weighted by molar-refractivity contribution is 6.31. The molecule has 0 aliphatic carbocycles. The van der Waals surface area contributed by atoms with Gasteiger partial charge in [-0.05, 0) is 32.0 Å². The lowest BCUT2D eigenvalue weighted by Crippen LogP contribution is -2.50. The molecule has 1 aromatic carbocycles. The van der Waals surface area contributed by atoms with Gasteiger partial charge in [0.1, 0.15) is 0 Å². The molecule has 5 heteroatoms. The van der Waals surface area contributed by atoms with E-state index in [0.29, 0.717) is 11.6 Å². The quantitative estimate of drug-likeness (QED) is 0.831. The number of hydrogen-bond acceptors (Lipinski definition) is 4. The van der Waals surface area contributed by atoms with Gasteiger partial charge in [-0.25, -0.2) is 0 Å². The highest BCUT2D eigenvalue weighted by Crippen LogP contribution is 2.27. The second-order valence-electron chi connectivity index (χ2n) is 5.78. The summed E-state index contributed by atoms with van der Waals surface area (Å²) < 4.78 is 0. The Hall–Kier alpha value is -0.970. The predicted octanol–water partition coefficient (Wildman–Crippen LogP) is 1.82. The number of hydrogen-bond donors (Lipinski definition) is 2. The number of aliphatic hydroxyl groups is 1. The van der Waals surface area contributed by atoms with Crippen LogP contribution in [-0.2, 0) is 0 Å². The number of piperazine rings is 1. The second kappa shape index (κ2) is 5.57. The lowest BCUT2D eigenvalue weighted by atomic mass is 10.1. The highest BCUT2D eigenvalue weighted by atomic mass is 35.5. The highest BCUT2D eigenvalue weighted by Gasteiger charge is 2.23. The summed E-state index contributed by atoms with van der Waals surface area (Å²) in [5, 5.41) is 10.5. The molecular formula is C14H22ClN3O. The fourth-order valence-electron chi connectivity index (χ4n) is 2.51. The summed E-state index contributed by atoms with van der Waals surface area (Å²) in [4.78, 5) is 4.55. The fraction of sp³-hybridized carbons (Fsp3) is 0.571. The Kier molecular flexibility index (Phi) is 4.23. The van der Waals surface area contributed by atoms with Crippen molar-refractivity contribution in [1.29, 1.82) is 0 Å². The molecule has 1 heterocycles. The maximum absolute atomic E-state index is 9.84. The van der Waals surface area contributed by atoms with Crippen LogP contribution in [0.25, 0.3) is 0 Å². The molecule has 1 aromatic rings. The third-order valence-corrected chi connectivity index (χ3v) is 3.55. The van der Waals surface area contributed by atoms with Crippen LogP contribution in [-0.4, -0.2) is 48.3 Å². The molecule has 0 bridgehead atoms. The largest absolute Gasteiger partial charge is 0.397 e. The lowest BCUT2D eigenvalue weighted by molar-refractivity contribution is 0.0345. The molecule has 2 rings (SSSR count). The summed E-state index contributed by atoms with van der Waals surface area (Å²) in [5.74, 6) is 0. The van der Waals surface area contributed by atoms with Crippen molar-refractivity contribution in [1.82, 2.24) is 4.90 Å². The van der Waals surface area contributed by atoms with E-state index < -0.39 is 5.60 Å². The van der Waals surface area contributed by atoms with Gasteiger partial charge in [-0.15, -0.1) is 0 Å². The van der Waals surface area contributed by atoms with Crippen molar-refractivity contribution < 1.29 is 5.11 Å². The second-order valence-corrected chi connectivity index (χ2v) is 6.22. The zero-order valence-corrected chi connectivity index (χ0v) is 12.3. The third kappa shape index (κ3) is 4.00. The zero-order valence-electron chi connectivity index (χ0n) is 11.6. The van der Waals surface area contributed by atoms with E-state index in [-0.39, 0.29) is 0 Å². The Bertz CT molecular complexity index is 437. The van der Waals surface area contributed by atoms with Gasteiger partial charge >= 0.3 is 0 Å². The smallest absolute Gasteiger partial charge is 0.0718 e. The Balaban J connectivity index is 1.96. The van der Waals surface area contributed by atoms with E-state index in [1.807, 2.05) is 26.0 Å².